The number of hydrogen-bond acceptors (Lipinski definition) is 4. The zero-order valence-corrected chi connectivity index (χ0v) is 13.6. The van der Waals surface area contributed by atoms with Crippen LogP contribution in [-0.4, -0.2) is 19.0 Å². The Balaban J connectivity index is 1.92. The molecule has 0 unspecified atom stereocenters. The lowest BCUT2D eigenvalue weighted by Crippen LogP contribution is -2.05. The zero-order chi connectivity index (χ0) is 16.4. The van der Waals surface area contributed by atoms with Crippen LogP contribution in [0.4, 0.5) is 0 Å². The van der Waals surface area contributed by atoms with Gasteiger partial charge in [0.25, 0.3) is 0 Å². The fourth-order valence-electron chi connectivity index (χ4n) is 2.03. The van der Waals surface area contributed by atoms with Gasteiger partial charge >= 0.3 is 5.97 Å². The fourth-order valence-corrected chi connectivity index (χ4v) is 2.50. The highest BCUT2D eigenvalue weighted by molar-refractivity contribution is 6.35. The molecule has 0 spiro atoms. The van der Waals surface area contributed by atoms with Crippen molar-refractivity contribution in [2.75, 3.05) is 7.11 Å². The first kappa shape index (κ1) is 15.6. The molecule has 1 heterocycles. The second kappa shape index (κ2) is 6.44. The number of rotatable bonds is 3. The molecule has 116 valence electrons. The van der Waals surface area contributed by atoms with E-state index in [0.717, 1.165) is 0 Å². The van der Waals surface area contributed by atoms with Crippen LogP contribution in [0.2, 0.25) is 10.0 Å². The molecule has 2 aromatic rings. The topological polar surface area (TPSA) is 47.9 Å². The highest BCUT2D eigenvalue weighted by Gasteiger charge is 2.24. The number of cyclic esters (lactones) is 1. The van der Waals surface area contributed by atoms with E-state index in [1.807, 2.05) is 0 Å². The van der Waals surface area contributed by atoms with Gasteiger partial charge in [-0.15, -0.1) is 0 Å². The molecule has 6 heteroatoms. The lowest BCUT2D eigenvalue weighted by Gasteiger charge is -2.01. The Morgan fingerprint density at radius 2 is 1.87 bits per heavy atom. The zero-order valence-electron chi connectivity index (χ0n) is 12.0. The number of benzene rings is 2. The van der Waals surface area contributed by atoms with Crippen molar-refractivity contribution in [1.82, 2.24) is 0 Å². The van der Waals surface area contributed by atoms with Crippen molar-refractivity contribution in [1.29, 1.82) is 0 Å². The van der Waals surface area contributed by atoms with Gasteiger partial charge in [0.2, 0.25) is 5.90 Å². The van der Waals surface area contributed by atoms with Crippen LogP contribution < -0.4 is 4.74 Å². The van der Waals surface area contributed by atoms with Gasteiger partial charge in [-0.25, -0.2) is 9.79 Å². The number of methoxy groups -OCH3 is 1. The third kappa shape index (κ3) is 3.38. The number of hydrogen-bond donors (Lipinski definition) is 0. The van der Waals surface area contributed by atoms with Gasteiger partial charge in [0.15, 0.2) is 5.70 Å². The molecule has 0 aliphatic carbocycles. The first-order chi connectivity index (χ1) is 11.1. The summed E-state index contributed by atoms with van der Waals surface area (Å²) >= 11 is 12.0. The summed E-state index contributed by atoms with van der Waals surface area (Å²) in [7, 11) is 1.58. The Bertz CT molecular complexity index is 826. The highest BCUT2D eigenvalue weighted by atomic mass is 35.5. The van der Waals surface area contributed by atoms with Crippen LogP contribution in [0.1, 0.15) is 11.1 Å². The minimum Gasteiger partial charge on any atom is -0.497 e. The van der Waals surface area contributed by atoms with Crippen molar-refractivity contribution >= 4 is 41.1 Å². The van der Waals surface area contributed by atoms with Crippen molar-refractivity contribution in [3.8, 4) is 5.75 Å². The number of esters is 1. The van der Waals surface area contributed by atoms with E-state index in [1.165, 1.54) is 0 Å². The van der Waals surface area contributed by atoms with E-state index in [4.69, 9.17) is 32.7 Å². The van der Waals surface area contributed by atoms with E-state index in [2.05, 4.69) is 4.99 Å². The average molecular weight is 348 g/mol. The predicted octanol–water partition coefficient (Wildman–Crippen LogP) is 4.35. The van der Waals surface area contributed by atoms with Crippen LogP contribution in [0.25, 0.3) is 6.08 Å². The van der Waals surface area contributed by atoms with Gasteiger partial charge in [-0.2, -0.15) is 0 Å². The van der Waals surface area contributed by atoms with Gasteiger partial charge in [-0.1, -0.05) is 29.3 Å². The van der Waals surface area contributed by atoms with Crippen LogP contribution >= 0.6 is 23.2 Å². The van der Waals surface area contributed by atoms with E-state index in [1.54, 1.807) is 55.7 Å². The molecule has 0 aromatic heterocycles. The van der Waals surface area contributed by atoms with Crippen molar-refractivity contribution in [2.45, 2.75) is 0 Å². The van der Waals surface area contributed by atoms with E-state index in [-0.39, 0.29) is 11.6 Å². The summed E-state index contributed by atoms with van der Waals surface area (Å²) in [5, 5.41) is 0.958. The molecule has 0 fully saturated rings. The number of carbonyl (C=O) groups excluding carboxylic acids is 1. The Labute approximate surface area is 143 Å². The molecule has 23 heavy (non-hydrogen) atoms. The van der Waals surface area contributed by atoms with Gasteiger partial charge in [-0.3, -0.25) is 0 Å². The molecule has 0 saturated heterocycles. The molecule has 2 aromatic carbocycles. The van der Waals surface area contributed by atoms with Gasteiger partial charge in [0, 0.05) is 15.6 Å². The SMILES string of the molecule is COc1ccc(C2=NC(=Cc3ccc(Cl)cc3Cl)C(=O)O2)cc1. The van der Waals surface area contributed by atoms with Crippen molar-refractivity contribution in [3.63, 3.8) is 0 Å². The molecule has 1 aliphatic heterocycles. The number of carbonyl (C=O) groups is 1. The first-order valence-corrected chi connectivity index (χ1v) is 7.44. The third-order valence-electron chi connectivity index (χ3n) is 3.21. The maximum absolute atomic E-state index is 12.0. The number of halogens is 2. The fraction of sp³-hybridized carbons (Fsp3) is 0.0588. The molecule has 1 aliphatic rings. The van der Waals surface area contributed by atoms with E-state index >= 15 is 0 Å². The molecule has 0 radical (unpaired) electrons. The van der Waals surface area contributed by atoms with Crippen molar-refractivity contribution < 1.29 is 14.3 Å². The quantitative estimate of drug-likeness (QED) is 0.612. The van der Waals surface area contributed by atoms with Crippen LogP contribution in [0.15, 0.2) is 53.2 Å². The normalized spacial score (nSPS) is 15.5. The molecule has 0 atom stereocenters. The van der Waals surface area contributed by atoms with Crippen LogP contribution in [-0.2, 0) is 9.53 Å². The lowest BCUT2D eigenvalue weighted by molar-refractivity contribution is -0.129. The van der Waals surface area contributed by atoms with Gasteiger partial charge in [0.05, 0.1) is 7.11 Å². The summed E-state index contributed by atoms with van der Waals surface area (Å²) in [4.78, 5) is 16.2. The highest BCUT2D eigenvalue weighted by Crippen LogP contribution is 2.26. The molecular weight excluding hydrogens is 337 g/mol. The Morgan fingerprint density at radius 3 is 2.52 bits per heavy atom. The van der Waals surface area contributed by atoms with Crippen molar-refractivity contribution in [3.05, 3.63) is 69.3 Å². The maximum atomic E-state index is 12.0. The van der Waals surface area contributed by atoms with Gasteiger partial charge in [-0.05, 0) is 48.0 Å². The third-order valence-corrected chi connectivity index (χ3v) is 3.77. The maximum Gasteiger partial charge on any atom is 0.363 e. The standard InChI is InChI=1S/C17H11Cl2NO3/c1-22-13-6-3-10(4-7-13)16-20-15(17(21)23-16)8-11-2-5-12(18)9-14(11)19/h2-9H,1H3. The van der Waals surface area contributed by atoms with Crippen LogP contribution in [0.5, 0.6) is 5.75 Å². The Hall–Kier alpha value is -2.30. The smallest absolute Gasteiger partial charge is 0.363 e. The van der Waals surface area contributed by atoms with Crippen LogP contribution in [0, 0.1) is 0 Å². The number of nitrogens with zero attached hydrogens (tertiary/aromatic N) is 1. The lowest BCUT2D eigenvalue weighted by atomic mass is 10.2. The average Bonchev–Trinajstić information content (AvgIpc) is 2.91. The summed E-state index contributed by atoms with van der Waals surface area (Å²) in [5.41, 5.74) is 1.51. The largest absolute Gasteiger partial charge is 0.497 e. The summed E-state index contributed by atoms with van der Waals surface area (Å²) in [6, 6.07) is 12.1. The van der Waals surface area contributed by atoms with Gasteiger partial charge < -0.3 is 9.47 Å². The number of ether oxygens (including phenoxy) is 2. The summed E-state index contributed by atoms with van der Waals surface area (Å²) < 4.78 is 10.3. The van der Waals surface area contributed by atoms with E-state index < -0.39 is 5.97 Å². The molecule has 0 saturated carbocycles. The number of aliphatic imine (C=N–C) groups is 1. The van der Waals surface area contributed by atoms with Crippen molar-refractivity contribution in [2.24, 2.45) is 4.99 Å². The molecule has 0 amide bonds. The summed E-state index contributed by atoms with van der Waals surface area (Å²) in [6.45, 7) is 0. The molecule has 0 N–H and O–H groups in total. The second-order valence-corrected chi connectivity index (χ2v) is 5.57. The monoisotopic (exact) mass is 347 g/mol. The minimum absolute atomic E-state index is 0.181. The predicted molar refractivity (Wildman–Crippen MR) is 90.1 cm³/mol. The Morgan fingerprint density at radius 1 is 1.13 bits per heavy atom. The van der Waals surface area contributed by atoms with E-state index in [9.17, 15) is 4.79 Å². The second-order valence-electron chi connectivity index (χ2n) is 4.73. The minimum atomic E-state index is -0.526. The molecule has 4 nitrogen and oxygen atoms in total. The van der Waals surface area contributed by atoms with Crippen LogP contribution in [0.3, 0.4) is 0 Å². The van der Waals surface area contributed by atoms with E-state index in [0.29, 0.717) is 26.9 Å². The molecular formula is C17H11Cl2NO3. The molecule has 0 bridgehead atoms. The summed E-state index contributed by atoms with van der Waals surface area (Å²) in [6.07, 6.45) is 1.57. The first-order valence-electron chi connectivity index (χ1n) is 6.69. The summed E-state index contributed by atoms with van der Waals surface area (Å²) in [5.74, 6) is 0.429. The van der Waals surface area contributed by atoms with Gasteiger partial charge in [0.1, 0.15) is 5.75 Å². The molecule has 3 rings (SSSR count). The Kier molecular flexibility index (Phi) is 4.37.